The van der Waals surface area contributed by atoms with Crippen LogP contribution in [0.2, 0.25) is 0 Å². The van der Waals surface area contributed by atoms with Crippen LogP contribution in [0.5, 0.6) is 0 Å². The van der Waals surface area contributed by atoms with Gasteiger partial charge in [-0.2, -0.15) is 0 Å². The minimum atomic E-state index is -1.57. The third-order valence-electron chi connectivity index (χ3n) is 0.545. The molecule has 0 aliphatic carbocycles. The van der Waals surface area contributed by atoms with E-state index in [1.807, 2.05) is 0 Å². The molecular formula is C3H12ClN3O. The van der Waals surface area contributed by atoms with E-state index in [4.69, 9.17) is 22.3 Å². The monoisotopic (exact) mass is 141 g/mol. The van der Waals surface area contributed by atoms with Crippen LogP contribution in [0.1, 0.15) is 6.42 Å². The average Bonchev–Trinajstić information content (AvgIpc) is 1.30. The Kier molecular flexibility index (Phi) is 5.57. The summed E-state index contributed by atoms with van der Waals surface area (Å²) in [5.74, 6) is -1.57. The van der Waals surface area contributed by atoms with Crippen LogP contribution in [0.3, 0.4) is 0 Å². The van der Waals surface area contributed by atoms with Gasteiger partial charge in [-0.3, -0.25) is 11.5 Å². The molecule has 0 heterocycles. The molecule has 0 aliphatic heterocycles. The summed E-state index contributed by atoms with van der Waals surface area (Å²) in [7, 11) is 0. The first kappa shape index (κ1) is 11.0. The molecule has 0 radical (unpaired) electrons. The zero-order chi connectivity index (χ0) is 5.91. The van der Waals surface area contributed by atoms with Crippen LogP contribution < -0.4 is 17.2 Å². The molecule has 4 nitrogen and oxygen atoms in total. The van der Waals surface area contributed by atoms with Gasteiger partial charge in [0.25, 0.3) is 0 Å². The van der Waals surface area contributed by atoms with Crippen LogP contribution in [-0.4, -0.2) is 17.5 Å². The van der Waals surface area contributed by atoms with E-state index in [1.165, 1.54) is 0 Å². The Morgan fingerprint density at radius 3 is 1.75 bits per heavy atom. The Morgan fingerprint density at radius 2 is 1.75 bits per heavy atom. The van der Waals surface area contributed by atoms with Crippen molar-refractivity contribution in [1.82, 2.24) is 0 Å². The fourth-order valence-electron chi connectivity index (χ4n) is 0.231. The lowest BCUT2D eigenvalue weighted by atomic mass is 10.3. The fourth-order valence-corrected chi connectivity index (χ4v) is 0.231. The van der Waals surface area contributed by atoms with E-state index in [2.05, 4.69) is 0 Å². The molecule has 0 fully saturated rings. The second-order valence-corrected chi connectivity index (χ2v) is 1.53. The van der Waals surface area contributed by atoms with Crippen molar-refractivity contribution in [2.24, 2.45) is 17.2 Å². The summed E-state index contributed by atoms with van der Waals surface area (Å²) in [5.41, 5.74) is 14.8. The zero-order valence-corrected chi connectivity index (χ0v) is 5.32. The minimum Gasteiger partial charge on any atom is -0.363 e. The largest absolute Gasteiger partial charge is 0.363 e. The second kappa shape index (κ2) is 4.05. The van der Waals surface area contributed by atoms with Crippen LogP contribution in [0.4, 0.5) is 0 Å². The molecule has 0 atom stereocenters. The number of hydrogen-bond donors (Lipinski definition) is 4. The molecule has 52 valence electrons. The average molecular weight is 142 g/mol. The number of halogens is 1. The molecule has 0 aromatic heterocycles. The summed E-state index contributed by atoms with van der Waals surface area (Å²) in [6.07, 6.45) is 0.229. The molecule has 0 unspecified atom stereocenters. The smallest absolute Gasteiger partial charge is 0.167 e. The molecule has 0 aliphatic rings. The standard InChI is InChI=1S/C3H11N3O.ClH/c4-2-1-3(5,6)7;/h7H,1-2,4-6H2;1H. The fraction of sp³-hybridized carbons (Fsp3) is 1.00. The van der Waals surface area contributed by atoms with Gasteiger partial charge in [0, 0.05) is 6.42 Å². The van der Waals surface area contributed by atoms with Crippen molar-refractivity contribution in [1.29, 1.82) is 0 Å². The Hall–Kier alpha value is 0.130. The van der Waals surface area contributed by atoms with Gasteiger partial charge >= 0.3 is 0 Å². The van der Waals surface area contributed by atoms with Crippen LogP contribution in [0, 0.1) is 0 Å². The predicted octanol–water partition coefficient (Wildman–Crippen LogP) is -1.68. The first-order valence-corrected chi connectivity index (χ1v) is 2.06. The maximum absolute atomic E-state index is 8.49. The summed E-state index contributed by atoms with van der Waals surface area (Å²) >= 11 is 0. The highest BCUT2D eigenvalue weighted by atomic mass is 35.5. The lowest BCUT2D eigenvalue weighted by Gasteiger charge is -2.14. The van der Waals surface area contributed by atoms with E-state index in [0.29, 0.717) is 6.54 Å². The number of hydrogen-bond acceptors (Lipinski definition) is 4. The van der Waals surface area contributed by atoms with Gasteiger partial charge in [0.05, 0.1) is 0 Å². The third kappa shape index (κ3) is 9.46. The summed E-state index contributed by atoms with van der Waals surface area (Å²) < 4.78 is 0. The van der Waals surface area contributed by atoms with Crippen molar-refractivity contribution < 1.29 is 5.11 Å². The highest BCUT2D eigenvalue weighted by molar-refractivity contribution is 5.85. The lowest BCUT2D eigenvalue weighted by molar-refractivity contribution is 0.0475. The van der Waals surface area contributed by atoms with E-state index < -0.39 is 5.85 Å². The maximum atomic E-state index is 8.49. The first-order valence-electron chi connectivity index (χ1n) is 2.06. The minimum absolute atomic E-state index is 0. The van der Waals surface area contributed by atoms with Gasteiger partial charge in [-0.05, 0) is 6.54 Å². The Morgan fingerprint density at radius 1 is 1.38 bits per heavy atom. The molecule has 5 heteroatoms. The normalized spacial score (nSPS) is 10.5. The first-order chi connectivity index (χ1) is 3.06. The van der Waals surface area contributed by atoms with Crippen molar-refractivity contribution in [3.8, 4) is 0 Å². The molecule has 0 saturated heterocycles. The van der Waals surface area contributed by atoms with E-state index in [-0.39, 0.29) is 18.8 Å². The van der Waals surface area contributed by atoms with Crippen molar-refractivity contribution >= 4 is 12.4 Å². The van der Waals surface area contributed by atoms with Crippen LogP contribution in [-0.2, 0) is 0 Å². The van der Waals surface area contributed by atoms with Crippen molar-refractivity contribution in [3.05, 3.63) is 0 Å². The molecule has 0 bridgehead atoms. The molecule has 0 amide bonds. The Balaban J connectivity index is 0. The molecule has 7 N–H and O–H groups in total. The van der Waals surface area contributed by atoms with E-state index in [0.717, 1.165) is 0 Å². The topological polar surface area (TPSA) is 98.3 Å². The molecule has 0 aromatic rings. The molecule has 0 spiro atoms. The number of aliphatic hydroxyl groups is 1. The highest BCUT2D eigenvalue weighted by Gasteiger charge is 2.09. The van der Waals surface area contributed by atoms with Crippen LogP contribution in [0.15, 0.2) is 0 Å². The summed E-state index contributed by atoms with van der Waals surface area (Å²) in [4.78, 5) is 0. The molecule has 8 heavy (non-hydrogen) atoms. The zero-order valence-electron chi connectivity index (χ0n) is 4.50. The van der Waals surface area contributed by atoms with Crippen LogP contribution in [0.25, 0.3) is 0 Å². The predicted molar refractivity (Wildman–Crippen MR) is 34.2 cm³/mol. The molecule has 0 saturated carbocycles. The number of nitrogens with two attached hydrogens (primary N) is 3. The SMILES string of the molecule is Cl.NCCC(N)(N)O. The third-order valence-corrected chi connectivity index (χ3v) is 0.545. The Labute approximate surface area is 54.4 Å². The van der Waals surface area contributed by atoms with E-state index >= 15 is 0 Å². The highest BCUT2D eigenvalue weighted by Crippen LogP contribution is 1.85. The number of rotatable bonds is 2. The van der Waals surface area contributed by atoms with Crippen molar-refractivity contribution in [3.63, 3.8) is 0 Å². The van der Waals surface area contributed by atoms with Gasteiger partial charge in [-0.25, -0.2) is 0 Å². The lowest BCUT2D eigenvalue weighted by Crippen LogP contribution is -2.50. The van der Waals surface area contributed by atoms with Gasteiger partial charge < -0.3 is 10.8 Å². The van der Waals surface area contributed by atoms with Crippen molar-refractivity contribution in [2.45, 2.75) is 12.3 Å². The van der Waals surface area contributed by atoms with Crippen LogP contribution >= 0.6 is 12.4 Å². The van der Waals surface area contributed by atoms with Gasteiger partial charge in [0.2, 0.25) is 0 Å². The Bertz CT molecular complexity index is 53.0. The summed E-state index contributed by atoms with van der Waals surface area (Å²) in [6, 6.07) is 0. The van der Waals surface area contributed by atoms with Crippen molar-refractivity contribution in [2.75, 3.05) is 6.54 Å². The second-order valence-electron chi connectivity index (χ2n) is 1.53. The van der Waals surface area contributed by atoms with Gasteiger partial charge in [-0.15, -0.1) is 12.4 Å². The van der Waals surface area contributed by atoms with Gasteiger partial charge in [-0.1, -0.05) is 0 Å². The van der Waals surface area contributed by atoms with E-state index in [1.54, 1.807) is 0 Å². The van der Waals surface area contributed by atoms with E-state index in [9.17, 15) is 0 Å². The van der Waals surface area contributed by atoms with Gasteiger partial charge in [0.1, 0.15) is 0 Å². The quantitative estimate of drug-likeness (QED) is 0.346. The molecule has 0 rings (SSSR count). The molecule has 0 aromatic carbocycles. The summed E-state index contributed by atoms with van der Waals surface area (Å²) in [5, 5.41) is 8.49. The summed E-state index contributed by atoms with van der Waals surface area (Å²) in [6.45, 7) is 0.309. The maximum Gasteiger partial charge on any atom is 0.167 e. The van der Waals surface area contributed by atoms with Gasteiger partial charge in [0.15, 0.2) is 5.85 Å². The molecular weight excluding hydrogens is 130 g/mol.